The van der Waals surface area contributed by atoms with Gasteiger partial charge in [-0.25, -0.2) is 0 Å². The number of rotatable bonds is 4. The summed E-state index contributed by atoms with van der Waals surface area (Å²) >= 11 is 0. The van der Waals surface area contributed by atoms with Crippen LogP contribution in [0, 0.1) is 5.92 Å². The van der Waals surface area contributed by atoms with Crippen molar-refractivity contribution in [2.45, 2.75) is 71.4 Å². The standard InChI is InChI=1S/C16H31N3O2/c1-6-12-8-7-9-13(10-12)19-15(17-5)18-11-14(20)21-16(2,3)4/h12-13H,6-11H2,1-5H3,(H2,17,18,19). The first-order chi connectivity index (χ1) is 9.84. The van der Waals surface area contributed by atoms with Crippen molar-refractivity contribution in [3.05, 3.63) is 0 Å². The third-order valence-electron chi connectivity index (χ3n) is 3.74. The molecular weight excluding hydrogens is 266 g/mol. The lowest BCUT2D eigenvalue weighted by Gasteiger charge is -2.30. The second-order valence-corrected chi connectivity index (χ2v) is 6.79. The normalized spacial score (nSPS) is 23.6. The largest absolute Gasteiger partial charge is 0.459 e. The number of carbonyl (C=O) groups is 1. The topological polar surface area (TPSA) is 62.7 Å². The fourth-order valence-electron chi connectivity index (χ4n) is 2.71. The van der Waals surface area contributed by atoms with Gasteiger partial charge in [-0.1, -0.05) is 26.2 Å². The van der Waals surface area contributed by atoms with Gasteiger partial charge in [-0.3, -0.25) is 9.79 Å². The van der Waals surface area contributed by atoms with Crippen LogP contribution in [0.1, 0.15) is 59.8 Å². The number of hydrogen-bond donors (Lipinski definition) is 2. The Bertz CT molecular complexity index is 361. The Morgan fingerprint density at radius 1 is 1.33 bits per heavy atom. The molecule has 0 aromatic carbocycles. The quantitative estimate of drug-likeness (QED) is 0.475. The molecule has 0 aliphatic heterocycles. The summed E-state index contributed by atoms with van der Waals surface area (Å²) in [5.41, 5.74) is -0.451. The van der Waals surface area contributed by atoms with E-state index >= 15 is 0 Å². The van der Waals surface area contributed by atoms with Gasteiger partial charge >= 0.3 is 5.97 Å². The molecule has 2 N–H and O–H groups in total. The molecule has 1 saturated carbocycles. The highest BCUT2D eigenvalue weighted by molar-refractivity contribution is 5.84. The summed E-state index contributed by atoms with van der Waals surface area (Å²) in [6, 6.07) is 0.452. The summed E-state index contributed by atoms with van der Waals surface area (Å²) in [6.45, 7) is 7.99. The summed E-state index contributed by atoms with van der Waals surface area (Å²) in [6.07, 6.45) is 6.19. The average molecular weight is 297 g/mol. The molecule has 0 saturated heterocycles. The molecule has 2 unspecified atom stereocenters. The highest BCUT2D eigenvalue weighted by atomic mass is 16.6. The van der Waals surface area contributed by atoms with Gasteiger partial charge in [0.25, 0.3) is 0 Å². The number of guanidine groups is 1. The molecule has 122 valence electrons. The molecule has 5 nitrogen and oxygen atoms in total. The molecule has 0 aromatic rings. The van der Waals surface area contributed by atoms with Gasteiger partial charge in [0.05, 0.1) is 0 Å². The molecule has 1 aliphatic rings. The Morgan fingerprint density at radius 2 is 2.05 bits per heavy atom. The molecule has 1 aliphatic carbocycles. The van der Waals surface area contributed by atoms with Crippen LogP contribution >= 0.6 is 0 Å². The van der Waals surface area contributed by atoms with Crippen molar-refractivity contribution in [2.75, 3.05) is 13.6 Å². The van der Waals surface area contributed by atoms with E-state index in [4.69, 9.17) is 4.74 Å². The molecule has 0 amide bonds. The van der Waals surface area contributed by atoms with Gasteiger partial charge < -0.3 is 15.4 Å². The Kier molecular flexibility index (Phi) is 6.99. The van der Waals surface area contributed by atoms with E-state index in [-0.39, 0.29) is 12.5 Å². The van der Waals surface area contributed by atoms with Crippen LogP contribution in [0.15, 0.2) is 4.99 Å². The Balaban J connectivity index is 2.37. The van der Waals surface area contributed by atoms with Crippen LogP contribution in [0.25, 0.3) is 0 Å². The van der Waals surface area contributed by atoms with Crippen LogP contribution in [0.2, 0.25) is 0 Å². The molecule has 0 radical (unpaired) electrons. The molecular formula is C16H31N3O2. The van der Waals surface area contributed by atoms with E-state index in [1.165, 1.54) is 32.1 Å². The number of carbonyl (C=O) groups excluding carboxylic acids is 1. The fraction of sp³-hybridized carbons (Fsp3) is 0.875. The third kappa shape index (κ3) is 7.34. The second-order valence-electron chi connectivity index (χ2n) is 6.79. The van der Waals surface area contributed by atoms with Crippen LogP contribution in [0.4, 0.5) is 0 Å². The van der Waals surface area contributed by atoms with Gasteiger partial charge in [0.15, 0.2) is 5.96 Å². The van der Waals surface area contributed by atoms with Crippen molar-refractivity contribution in [1.82, 2.24) is 10.6 Å². The Morgan fingerprint density at radius 3 is 2.62 bits per heavy atom. The lowest BCUT2D eigenvalue weighted by molar-refractivity contribution is -0.153. The highest BCUT2D eigenvalue weighted by Crippen LogP contribution is 2.26. The van der Waals surface area contributed by atoms with Crippen molar-refractivity contribution in [2.24, 2.45) is 10.9 Å². The number of nitrogens with zero attached hydrogens (tertiary/aromatic N) is 1. The minimum atomic E-state index is -0.451. The molecule has 0 heterocycles. The van der Waals surface area contributed by atoms with Crippen LogP contribution in [-0.2, 0) is 9.53 Å². The fourth-order valence-corrected chi connectivity index (χ4v) is 2.71. The van der Waals surface area contributed by atoms with E-state index in [9.17, 15) is 4.79 Å². The minimum absolute atomic E-state index is 0.140. The monoisotopic (exact) mass is 297 g/mol. The van der Waals surface area contributed by atoms with Crippen molar-refractivity contribution in [3.8, 4) is 0 Å². The average Bonchev–Trinajstić information content (AvgIpc) is 2.41. The molecule has 5 heteroatoms. The van der Waals surface area contributed by atoms with Crippen molar-refractivity contribution >= 4 is 11.9 Å². The van der Waals surface area contributed by atoms with Crippen molar-refractivity contribution in [1.29, 1.82) is 0 Å². The van der Waals surface area contributed by atoms with Gasteiger partial charge in [-0.15, -0.1) is 0 Å². The third-order valence-corrected chi connectivity index (χ3v) is 3.74. The van der Waals surface area contributed by atoms with Gasteiger partial charge in [0.1, 0.15) is 12.1 Å². The smallest absolute Gasteiger partial charge is 0.325 e. The van der Waals surface area contributed by atoms with Gasteiger partial charge in [0, 0.05) is 13.1 Å². The van der Waals surface area contributed by atoms with Gasteiger partial charge in [-0.05, 0) is 39.5 Å². The number of nitrogens with one attached hydrogen (secondary N) is 2. The van der Waals surface area contributed by atoms with Gasteiger partial charge in [0.2, 0.25) is 0 Å². The number of ether oxygens (including phenoxy) is 1. The maximum absolute atomic E-state index is 11.7. The maximum Gasteiger partial charge on any atom is 0.325 e. The second kappa shape index (κ2) is 8.25. The molecule has 2 atom stereocenters. The van der Waals surface area contributed by atoms with Crippen molar-refractivity contribution < 1.29 is 9.53 Å². The molecule has 0 aromatic heterocycles. The number of hydrogen-bond acceptors (Lipinski definition) is 3. The zero-order chi connectivity index (χ0) is 15.9. The van der Waals surface area contributed by atoms with Crippen LogP contribution in [0.3, 0.4) is 0 Å². The van der Waals surface area contributed by atoms with E-state index < -0.39 is 5.60 Å². The molecule has 0 spiro atoms. The summed E-state index contributed by atoms with van der Waals surface area (Å²) in [7, 11) is 1.73. The number of aliphatic imine (C=N–C) groups is 1. The van der Waals surface area contributed by atoms with E-state index in [0.29, 0.717) is 12.0 Å². The van der Waals surface area contributed by atoms with E-state index in [1.54, 1.807) is 7.05 Å². The number of esters is 1. The molecule has 1 fully saturated rings. The summed E-state index contributed by atoms with van der Waals surface area (Å²) in [5, 5.41) is 6.46. The van der Waals surface area contributed by atoms with E-state index in [1.807, 2.05) is 20.8 Å². The van der Waals surface area contributed by atoms with Crippen LogP contribution < -0.4 is 10.6 Å². The van der Waals surface area contributed by atoms with E-state index in [2.05, 4.69) is 22.5 Å². The highest BCUT2D eigenvalue weighted by Gasteiger charge is 2.22. The summed E-state index contributed by atoms with van der Waals surface area (Å²) < 4.78 is 5.27. The molecule has 21 heavy (non-hydrogen) atoms. The predicted octanol–water partition coefficient (Wildman–Crippen LogP) is 2.46. The summed E-state index contributed by atoms with van der Waals surface area (Å²) in [5.74, 6) is 1.23. The zero-order valence-electron chi connectivity index (χ0n) is 14.2. The maximum atomic E-state index is 11.7. The van der Waals surface area contributed by atoms with Crippen LogP contribution in [-0.4, -0.2) is 37.2 Å². The SMILES string of the molecule is CCC1CCCC(NC(=NC)NCC(=O)OC(C)(C)C)C1. The van der Waals surface area contributed by atoms with Crippen LogP contribution in [0.5, 0.6) is 0 Å². The first-order valence-corrected chi connectivity index (χ1v) is 8.03. The predicted molar refractivity (Wildman–Crippen MR) is 86.4 cm³/mol. The van der Waals surface area contributed by atoms with Gasteiger partial charge in [-0.2, -0.15) is 0 Å². The van der Waals surface area contributed by atoms with E-state index in [0.717, 1.165) is 5.92 Å². The molecule has 1 rings (SSSR count). The first kappa shape index (κ1) is 17.8. The summed E-state index contributed by atoms with van der Waals surface area (Å²) in [4.78, 5) is 15.9. The molecule has 0 bridgehead atoms. The first-order valence-electron chi connectivity index (χ1n) is 8.03. The Labute approximate surface area is 128 Å². The lowest BCUT2D eigenvalue weighted by atomic mass is 9.84. The lowest BCUT2D eigenvalue weighted by Crippen LogP contribution is -2.47. The zero-order valence-corrected chi connectivity index (χ0v) is 14.2. The minimum Gasteiger partial charge on any atom is -0.459 e. The Hall–Kier alpha value is -1.26. The van der Waals surface area contributed by atoms with Crippen molar-refractivity contribution in [3.63, 3.8) is 0 Å².